The summed E-state index contributed by atoms with van der Waals surface area (Å²) in [6.07, 6.45) is 3.62. The average molecular weight is 314 g/mol. The average Bonchev–Trinajstić information content (AvgIpc) is 3.39. The summed E-state index contributed by atoms with van der Waals surface area (Å²) in [5, 5.41) is 0. The Balaban J connectivity index is 1.98. The van der Waals surface area contributed by atoms with Crippen LogP contribution in [0.5, 0.6) is 0 Å². The Labute approximate surface area is 138 Å². The van der Waals surface area contributed by atoms with Gasteiger partial charge in [-0.1, -0.05) is 32.9 Å². The normalized spacial score (nSPS) is 18.4. The summed E-state index contributed by atoms with van der Waals surface area (Å²) < 4.78 is 0. The van der Waals surface area contributed by atoms with Gasteiger partial charge in [-0.15, -0.1) is 0 Å². The van der Waals surface area contributed by atoms with Gasteiger partial charge in [0, 0.05) is 24.4 Å². The Hall–Kier alpha value is -1.84. The monoisotopic (exact) mass is 314 g/mol. The molecule has 0 atom stereocenters. The standard InChI is InChI=1S/C19H26N2O2/c1-4-19(2,3)18(23)21-13-7-12-20(17(22)14-10-11-14)15-8-5-6-9-16(15)21/h5-6,8-9,14H,4,7,10-13H2,1-3H3. The van der Waals surface area contributed by atoms with Crippen molar-refractivity contribution in [2.45, 2.75) is 46.5 Å². The van der Waals surface area contributed by atoms with Crippen molar-refractivity contribution in [3.05, 3.63) is 24.3 Å². The van der Waals surface area contributed by atoms with Crippen LogP contribution in [-0.2, 0) is 9.59 Å². The van der Waals surface area contributed by atoms with Gasteiger partial charge < -0.3 is 9.80 Å². The minimum atomic E-state index is -0.386. The summed E-state index contributed by atoms with van der Waals surface area (Å²) >= 11 is 0. The van der Waals surface area contributed by atoms with Gasteiger partial charge in [0.05, 0.1) is 11.4 Å². The molecular formula is C19H26N2O2. The van der Waals surface area contributed by atoms with Gasteiger partial charge in [0.1, 0.15) is 0 Å². The summed E-state index contributed by atoms with van der Waals surface area (Å²) in [5.74, 6) is 0.562. The molecule has 2 aliphatic rings. The molecule has 1 aliphatic heterocycles. The van der Waals surface area contributed by atoms with Crippen molar-refractivity contribution in [3.63, 3.8) is 0 Å². The van der Waals surface area contributed by atoms with Crippen LogP contribution < -0.4 is 9.80 Å². The maximum Gasteiger partial charge on any atom is 0.232 e. The number of rotatable bonds is 3. The quantitative estimate of drug-likeness (QED) is 0.855. The fourth-order valence-electron chi connectivity index (χ4n) is 3.06. The van der Waals surface area contributed by atoms with E-state index in [0.29, 0.717) is 13.1 Å². The minimum absolute atomic E-state index is 0.146. The van der Waals surface area contributed by atoms with Gasteiger partial charge in [0.2, 0.25) is 11.8 Å². The predicted molar refractivity (Wildman–Crippen MR) is 92.6 cm³/mol. The molecule has 23 heavy (non-hydrogen) atoms. The number of fused-ring (bicyclic) bond motifs is 1. The maximum atomic E-state index is 13.0. The van der Waals surface area contributed by atoms with Crippen LogP contribution in [0.2, 0.25) is 0 Å². The molecule has 3 rings (SSSR count). The number of anilines is 2. The number of amides is 2. The van der Waals surface area contributed by atoms with E-state index in [9.17, 15) is 9.59 Å². The van der Waals surface area contributed by atoms with Gasteiger partial charge >= 0.3 is 0 Å². The largest absolute Gasteiger partial charge is 0.310 e. The third kappa shape index (κ3) is 2.99. The first-order valence-electron chi connectivity index (χ1n) is 8.68. The molecule has 1 heterocycles. The van der Waals surface area contributed by atoms with Gasteiger partial charge in [-0.05, 0) is 37.8 Å². The number of carbonyl (C=O) groups excluding carboxylic acids is 2. The molecule has 0 spiro atoms. The maximum absolute atomic E-state index is 13.0. The molecule has 1 saturated carbocycles. The van der Waals surface area contributed by atoms with Crippen LogP contribution in [0.3, 0.4) is 0 Å². The number of nitrogens with zero attached hydrogens (tertiary/aromatic N) is 2. The zero-order valence-corrected chi connectivity index (χ0v) is 14.3. The predicted octanol–water partition coefficient (Wildman–Crippen LogP) is 3.60. The molecule has 0 unspecified atom stereocenters. The molecule has 124 valence electrons. The Morgan fingerprint density at radius 2 is 1.65 bits per heavy atom. The zero-order valence-electron chi connectivity index (χ0n) is 14.3. The van der Waals surface area contributed by atoms with Crippen molar-refractivity contribution in [3.8, 4) is 0 Å². The van der Waals surface area contributed by atoms with Crippen LogP contribution in [0.1, 0.15) is 46.5 Å². The van der Waals surface area contributed by atoms with Crippen molar-refractivity contribution < 1.29 is 9.59 Å². The highest BCUT2D eigenvalue weighted by Crippen LogP contribution is 2.39. The molecule has 1 aromatic rings. The fraction of sp³-hybridized carbons (Fsp3) is 0.579. The van der Waals surface area contributed by atoms with Crippen molar-refractivity contribution in [1.29, 1.82) is 0 Å². The summed E-state index contributed by atoms with van der Waals surface area (Å²) in [4.78, 5) is 29.4. The third-order valence-corrected chi connectivity index (χ3v) is 5.13. The van der Waals surface area contributed by atoms with E-state index in [0.717, 1.165) is 37.1 Å². The molecule has 0 bridgehead atoms. The van der Waals surface area contributed by atoms with E-state index in [1.807, 2.05) is 54.8 Å². The van der Waals surface area contributed by atoms with Crippen molar-refractivity contribution in [2.75, 3.05) is 22.9 Å². The second-order valence-electron chi connectivity index (χ2n) is 7.30. The summed E-state index contributed by atoms with van der Waals surface area (Å²) in [6.45, 7) is 7.41. The SMILES string of the molecule is CCC(C)(C)C(=O)N1CCCN(C(=O)C2CC2)c2ccccc21. The first-order chi connectivity index (χ1) is 11.0. The van der Waals surface area contributed by atoms with E-state index in [4.69, 9.17) is 0 Å². The lowest BCUT2D eigenvalue weighted by molar-refractivity contribution is -0.126. The van der Waals surface area contributed by atoms with Gasteiger partial charge in [-0.25, -0.2) is 0 Å². The first-order valence-corrected chi connectivity index (χ1v) is 8.68. The highest BCUT2D eigenvalue weighted by molar-refractivity contribution is 6.05. The Morgan fingerprint density at radius 3 is 2.22 bits per heavy atom. The van der Waals surface area contributed by atoms with Crippen LogP contribution in [0.25, 0.3) is 0 Å². The van der Waals surface area contributed by atoms with Gasteiger partial charge in [-0.2, -0.15) is 0 Å². The first kappa shape index (κ1) is 16.0. The number of hydrogen-bond acceptors (Lipinski definition) is 2. The molecule has 0 radical (unpaired) electrons. The molecule has 0 saturated heterocycles. The van der Waals surface area contributed by atoms with Gasteiger partial charge in [0.25, 0.3) is 0 Å². The molecule has 0 N–H and O–H groups in total. The van der Waals surface area contributed by atoms with Crippen LogP contribution in [0, 0.1) is 11.3 Å². The lowest BCUT2D eigenvalue weighted by atomic mass is 9.88. The lowest BCUT2D eigenvalue weighted by Crippen LogP contribution is -2.41. The fourth-order valence-corrected chi connectivity index (χ4v) is 3.06. The molecule has 0 aromatic heterocycles. The van der Waals surface area contributed by atoms with Crippen LogP contribution in [0.15, 0.2) is 24.3 Å². The molecular weight excluding hydrogens is 288 g/mol. The topological polar surface area (TPSA) is 40.6 Å². The number of para-hydroxylation sites is 2. The van der Waals surface area contributed by atoms with Crippen LogP contribution >= 0.6 is 0 Å². The van der Waals surface area contributed by atoms with Crippen molar-refractivity contribution in [2.24, 2.45) is 11.3 Å². The van der Waals surface area contributed by atoms with Gasteiger partial charge in [-0.3, -0.25) is 9.59 Å². The van der Waals surface area contributed by atoms with Crippen molar-refractivity contribution >= 4 is 23.2 Å². The van der Waals surface area contributed by atoms with E-state index in [2.05, 4.69) is 0 Å². The third-order valence-electron chi connectivity index (χ3n) is 5.13. The van der Waals surface area contributed by atoms with Crippen LogP contribution in [0.4, 0.5) is 11.4 Å². The lowest BCUT2D eigenvalue weighted by Gasteiger charge is -2.31. The Bertz CT molecular complexity index is 620. The number of hydrogen-bond donors (Lipinski definition) is 0. The smallest absolute Gasteiger partial charge is 0.232 e. The molecule has 1 fully saturated rings. The summed E-state index contributed by atoms with van der Waals surface area (Å²) in [6, 6.07) is 7.84. The molecule has 2 amide bonds. The van der Waals surface area contributed by atoms with E-state index < -0.39 is 0 Å². The van der Waals surface area contributed by atoms with Gasteiger partial charge in [0.15, 0.2) is 0 Å². The number of benzene rings is 1. The van der Waals surface area contributed by atoms with E-state index >= 15 is 0 Å². The molecule has 1 aliphatic carbocycles. The number of carbonyl (C=O) groups is 2. The second kappa shape index (κ2) is 5.99. The minimum Gasteiger partial charge on any atom is -0.310 e. The highest BCUT2D eigenvalue weighted by Gasteiger charge is 2.38. The molecule has 4 heteroatoms. The van der Waals surface area contributed by atoms with E-state index in [1.165, 1.54) is 0 Å². The summed E-state index contributed by atoms with van der Waals surface area (Å²) in [7, 11) is 0. The second-order valence-corrected chi connectivity index (χ2v) is 7.30. The Morgan fingerprint density at radius 1 is 1.09 bits per heavy atom. The van der Waals surface area contributed by atoms with Crippen LogP contribution in [-0.4, -0.2) is 24.9 Å². The summed E-state index contributed by atoms with van der Waals surface area (Å²) in [5.41, 5.74) is 1.38. The van der Waals surface area contributed by atoms with Crippen molar-refractivity contribution in [1.82, 2.24) is 0 Å². The van der Waals surface area contributed by atoms with E-state index in [-0.39, 0.29) is 23.1 Å². The zero-order chi connectivity index (χ0) is 16.6. The molecule has 1 aromatic carbocycles. The Kier molecular flexibility index (Phi) is 4.17. The highest BCUT2D eigenvalue weighted by atomic mass is 16.2. The van der Waals surface area contributed by atoms with E-state index in [1.54, 1.807) is 0 Å². The molecule has 4 nitrogen and oxygen atoms in total.